The quantitative estimate of drug-likeness (QED) is 0.403. The predicted octanol–water partition coefficient (Wildman–Crippen LogP) is 5.03. The molecule has 2 aromatic heterocycles. The van der Waals surface area contributed by atoms with Gasteiger partial charge in [0.05, 0.1) is 37.9 Å². The molecule has 5 heterocycles. The van der Waals surface area contributed by atoms with E-state index in [0.717, 1.165) is 28.7 Å². The minimum Gasteiger partial charge on any atom is -0.380 e. The Hall–Kier alpha value is -3.12. The molecule has 3 aromatic rings. The van der Waals surface area contributed by atoms with Crippen LogP contribution in [0.2, 0.25) is 0 Å². The molecule has 0 radical (unpaired) electrons. The van der Waals surface area contributed by atoms with Gasteiger partial charge in [-0.05, 0) is 43.5 Å². The van der Waals surface area contributed by atoms with Gasteiger partial charge in [-0.3, -0.25) is 9.47 Å². The monoisotopic (exact) mass is 548 g/mol. The lowest BCUT2D eigenvalue weighted by atomic mass is 9.95. The SMILES string of the molecule is Cc1ccc2c(c1)CN(CC(F)(F)C1COC1)Cc1nnc(C3CCN(c4ccc(F)c(C(F)F)n4)CC3)n1-2. The first-order chi connectivity index (χ1) is 18.7. The van der Waals surface area contributed by atoms with Crippen molar-refractivity contribution in [3.05, 3.63) is 64.6 Å². The van der Waals surface area contributed by atoms with Crippen LogP contribution in [0.1, 0.15) is 53.7 Å². The molecule has 0 bridgehead atoms. The normalized spacial score (nSPS) is 19.1. The molecule has 6 rings (SSSR count). The number of rotatable bonds is 6. The smallest absolute Gasteiger partial charge is 0.283 e. The van der Waals surface area contributed by atoms with Crippen LogP contribution in [0.4, 0.5) is 27.8 Å². The van der Waals surface area contributed by atoms with E-state index in [1.807, 2.05) is 34.6 Å². The van der Waals surface area contributed by atoms with E-state index in [4.69, 9.17) is 4.74 Å². The van der Waals surface area contributed by atoms with Gasteiger partial charge in [0.1, 0.15) is 17.3 Å². The second-order valence-electron chi connectivity index (χ2n) is 10.7. The van der Waals surface area contributed by atoms with Crippen molar-refractivity contribution in [2.45, 2.75) is 51.1 Å². The van der Waals surface area contributed by atoms with E-state index in [9.17, 15) is 22.0 Å². The van der Waals surface area contributed by atoms with Crippen LogP contribution >= 0.6 is 0 Å². The largest absolute Gasteiger partial charge is 0.380 e. The van der Waals surface area contributed by atoms with Gasteiger partial charge >= 0.3 is 0 Å². The number of aryl methyl sites for hydroxylation is 1. The third-order valence-corrected chi connectivity index (χ3v) is 7.91. The summed E-state index contributed by atoms with van der Waals surface area (Å²) in [5, 5.41) is 8.96. The molecule has 0 saturated carbocycles. The summed E-state index contributed by atoms with van der Waals surface area (Å²) in [5.41, 5.74) is 2.01. The van der Waals surface area contributed by atoms with Gasteiger partial charge in [0, 0.05) is 25.6 Å². The summed E-state index contributed by atoms with van der Waals surface area (Å²) in [6.07, 6.45) is -1.67. The zero-order chi connectivity index (χ0) is 27.3. The third kappa shape index (κ3) is 5.00. The molecule has 0 unspecified atom stereocenters. The minimum atomic E-state index is -2.99. The van der Waals surface area contributed by atoms with Crippen molar-refractivity contribution in [2.75, 3.05) is 37.7 Å². The number of hydrogen-bond acceptors (Lipinski definition) is 6. The van der Waals surface area contributed by atoms with Crippen molar-refractivity contribution in [2.24, 2.45) is 5.92 Å². The van der Waals surface area contributed by atoms with Crippen LogP contribution < -0.4 is 4.90 Å². The third-order valence-electron chi connectivity index (χ3n) is 7.91. The average molecular weight is 549 g/mol. The van der Waals surface area contributed by atoms with E-state index in [1.54, 1.807) is 4.90 Å². The Morgan fingerprint density at radius 3 is 2.51 bits per heavy atom. The topological polar surface area (TPSA) is 59.3 Å². The number of fused-ring (bicyclic) bond motifs is 3. The van der Waals surface area contributed by atoms with Gasteiger partial charge in [-0.25, -0.2) is 26.9 Å². The van der Waals surface area contributed by atoms with Crippen molar-refractivity contribution >= 4 is 5.82 Å². The average Bonchev–Trinajstić information content (AvgIpc) is 3.19. The standard InChI is InChI=1S/C27H29F5N6O/c1-16-2-4-21-18(10-16)11-36(15-27(31,32)19-13-39-14-19)12-23-34-35-26(38(21)23)17-6-8-37(9-7-17)22-5-3-20(28)24(33-22)25(29)30/h2-5,10,17,19,25H,6-9,11-15H2,1H3. The number of ether oxygens (including phenoxy) is 1. The number of pyridine rings is 1. The lowest BCUT2D eigenvalue weighted by Gasteiger charge is -2.36. The summed E-state index contributed by atoms with van der Waals surface area (Å²) in [5.74, 6) is -2.95. The molecule has 3 aliphatic rings. The highest BCUT2D eigenvalue weighted by Gasteiger charge is 2.46. The highest BCUT2D eigenvalue weighted by molar-refractivity contribution is 5.47. The molecular formula is C27H29F5N6O. The Kier molecular flexibility index (Phi) is 6.78. The van der Waals surface area contributed by atoms with Crippen molar-refractivity contribution in [1.29, 1.82) is 0 Å². The lowest BCUT2D eigenvalue weighted by Crippen LogP contribution is -2.49. The van der Waals surface area contributed by atoms with Gasteiger partial charge in [-0.15, -0.1) is 10.2 Å². The molecule has 0 aliphatic carbocycles. The molecule has 12 heteroatoms. The Balaban J connectivity index is 1.25. The maximum absolute atomic E-state index is 14.9. The van der Waals surface area contributed by atoms with Gasteiger partial charge in [0.15, 0.2) is 11.6 Å². The second kappa shape index (κ2) is 10.1. The van der Waals surface area contributed by atoms with E-state index in [-0.39, 0.29) is 32.2 Å². The van der Waals surface area contributed by atoms with Crippen molar-refractivity contribution < 1.29 is 26.7 Å². The summed E-state index contributed by atoms with van der Waals surface area (Å²) in [6.45, 7) is 3.39. The van der Waals surface area contributed by atoms with E-state index in [2.05, 4.69) is 15.2 Å². The van der Waals surface area contributed by atoms with Crippen LogP contribution in [0.5, 0.6) is 0 Å². The molecule has 0 N–H and O–H groups in total. The van der Waals surface area contributed by atoms with Gasteiger partial charge in [0.2, 0.25) is 0 Å². The first kappa shape index (κ1) is 26.1. The van der Waals surface area contributed by atoms with E-state index in [1.165, 1.54) is 6.07 Å². The molecule has 208 valence electrons. The van der Waals surface area contributed by atoms with Gasteiger partial charge in [-0.1, -0.05) is 17.7 Å². The molecule has 3 aliphatic heterocycles. The predicted molar refractivity (Wildman–Crippen MR) is 133 cm³/mol. The Morgan fingerprint density at radius 1 is 1.05 bits per heavy atom. The number of nitrogens with zero attached hydrogens (tertiary/aromatic N) is 6. The zero-order valence-electron chi connectivity index (χ0n) is 21.5. The fourth-order valence-electron chi connectivity index (χ4n) is 5.68. The first-order valence-corrected chi connectivity index (χ1v) is 13.1. The molecule has 2 fully saturated rings. The Labute approximate surface area is 222 Å². The summed E-state index contributed by atoms with van der Waals surface area (Å²) < 4.78 is 76.9. The van der Waals surface area contributed by atoms with E-state index >= 15 is 0 Å². The fourth-order valence-corrected chi connectivity index (χ4v) is 5.68. The number of anilines is 1. The van der Waals surface area contributed by atoms with Crippen LogP contribution in [0.25, 0.3) is 5.69 Å². The Morgan fingerprint density at radius 2 is 1.82 bits per heavy atom. The minimum absolute atomic E-state index is 0.0202. The Bertz CT molecular complexity index is 1350. The summed E-state index contributed by atoms with van der Waals surface area (Å²) in [4.78, 5) is 7.46. The maximum Gasteiger partial charge on any atom is 0.283 e. The van der Waals surface area contributed by atoms with Crippen LogP contribution in [0.3, 0.4) is 0 Å². The maximum atomic E-state index is 14.9. The summed E-state index contributed by atoms with van der Waals surface area (Å²) >= 11 is 0. The summed E-state index contributed by atoms with van der Waals surface area (Å²) in [6, 6.07) is 8.46. The van der Waals surface area contributed by atoms with Gasteiger partial charge in [0.25, 0.3) is 12.3 Å². The number of benzene rings is 1. The van der Waals surface area contributed by atoms with Gasteiger partial charge in [-0.2, -0.15) is 0 Å². The second-order valence-corrected chi connectivity index (χ2v) is 10.7. The van der Waals surface area contributed by atoms with Crippen molar-refractivity contribution in [3.8, 4) is 5.69 Å². The van der Waals surface area contributed by atoms with Crippen molar-refractivity contribution in [1.82, 2.24) is 24.6 Å². The molecule has 1 aromatic carbocycles. The van der Waals surface area contributed by atoms with Crippen LogP contribution in [-0.4, -0.2) is 63.4 Å². The van der Waals surface area contributed by atoms with Crippen molar-refractivity contribution in [3.63, 3.8) is 0 Å². The van der Waals surface area contributed by atoms with E-state index < -0.39 is 29.8 Å². The first-order valence-electron chi connectivity index (χ1n) is 13.1. The van der Waals surface area contributed by atoms with E-state index in [0.29, 0.717) is 44.1 Å². The number of hydrogen-bond donors (Lipinski definition) is 0. The number of halogens is 5. The summed E-state index contributed by atoms with van der Waals surface area (Å²) in [7, 11) is 0. The molecule has 39 heavy (non-hydrogen) atoms. The highest BCUT2D eigenvalue weighted by Crippen LogP contribution is 2.37. The molecule has 7 nitrogen and oxygen atoms in total. The molecular weight excluding hydrogens is 519 g/mol. The van der Waals surface area contributed by atoms with Crippen LogP contribution in [0.15, 0.2) is 30.3 Å². The molecule has 0 atom stereocenters. The lowest BCUT2D eigenvalue weighted by molar-refractivity contribution is -0.179. The fraction of sp³-hybridized carbons (Fsp3) is 0.519. The van der Waals surface area contributed by atoms with Crippen LogP contribution in [0, 0.1) is 18.7 Å². The van der Waals surface area contributed by atoms with Crippen LogP contribution in [-0.2, 0) is 17.8 Å². The number of piperidine rings is 1. The number of aromatic nitrogens is 4. The number of alkyl halides is 4. The molecule has 2 saturated heterocycles. The molecule has 0 amide bonds. The zero-order valence-corrected chi connectivity index (χ0v) is 21.5. The molecule has 0 spiro atoms. The highest BCUT2D eigenvalue weighted by atomic mass is 19.3. The van der Waals surface area contributed by atoms with Gasteiger partial charge < -0.3 is 9.64 Å².